The fraction of sp³-hybridized carbons (Fsp3) is 0.357. The number of oxime groups is 1. The molecule has 0 radical (unpaired) electrons. The van der Waals surface area contributed by atoms with Crippen LogP contribution < -0.4 is 4.74 Å². The van der Waals surface area contributed by atoms with Gasteiger partial charge >= 0.3 is 0 Å². The lowest BCUT2D eigenvalue weighted by Gasteiger charge is -2.48. The third kappa shape index (κ3) is 4.39. The molecule has 3 atom stereocenters. The van der Waals surface area contributed by atoms with Crippen molar-refractivity contribution in [3.63, 3.8) is 0 Å². The van der Waals surface area contributed by atoms with Gasteiger partial charge in [-0.25, -0.2) is 9.37 Å². The van der Waals surface area contributed by atoms with E-state index < -0.39 is 11.7 Å². The second-order valence-corrected chi connectivity index (χ2v) is 9.82. The molecule has 0 bridgehead atoms. The number of morpholine rings is 1. The number of aliphatic hydroxyl groups is 1. The average Bonchev–Trinajstić information content (AvgIpc) is 3.57. The number of benzene rings is 2. The minimum Gasteiger partial charge on any atom is -0.495 e. The van der Waals surface area contributed by atoms with E-state index in [2.05, 4.69) is 15.0 Å². The van der Waals surface area contributed by atoms with Crippen LogP contribution in [-0.2, 0) is 14.3 Å². The van der Waals surface area contributed by atoms with Gasteiger partial charge in [-0.1, -0.05) is 23.4 Å². The van der Waals surface area contributed by atoms with E-state index in [0.717, 1.165) is 22.5 Å². The van der Waals surface area contributed by atoms with Crippen LogP contribution in [0, 0.1) is 12.7 Å². The summed E-state index contributed by atoms with van der Waals surface area (Å²) >= 11 is 0. The van der Waals surface area contributed by atoms with Crippen molar-refractivity contribution < 1.29 is 28.5 Å². The number of nitrogens with zero attached hydrogens (tertiary/aromatic N) is 4. The van der Waals surface area contributed by atoms with E-state index in [1.807, 2.05) is 42.0 Å². The fourth-order valence-corrected chi connectivity index (χ4v) is 5.32. The summed E-state index contributed by atoms with van der Waals surface area (Å²) < 4.78 is 33.7. The number of rotatable bonds is 5. The van der Waals surface area contributed by atoms with Gasteiger partial charge in [-0.2, -0.15) is 0 Å². The fourth-order valence-electron chi connectivity index (χ4n) is 5.32. The normalized spacial score (nSPS) is 25.6. The topological polar surface area (TPSA) is 90.6 Å². The monoisotopic (exact) mass is 520 g/mol. The Morgan fingerprint density at radius 3 is 2.76 bits per heavy atom. The SMILES string of the molecule is COc1cc(/C=C2\OC3(CCOC3)CN3C2=NOC(CO)C3c2ccc(F)cc2)ccc1-n1cnc(C)c1. The molecule has 3 aliphatic rings. The Bertz CT molecular complexity index is 1380. The van der Waals surface area contributed by atoms with Crippen LogP contribution in [-0.4, -0.2) is 70.6 Å². The largest absolute Gasteiger partial charge is 0.495 e. The van der Waals surface area contributed by atoms with E-state index in [4.69, 9.17) is 19.0 Å². The van der Waals surface area contributed by atoms with Gasteiger partial charge in [-0.05, 0) is 48.4 Å². The van der Waals surface area contributed by atoms with Crippen molar-refractivity contribution in [2.45, 2.75) is 31.1 Å². The number of hydrogen-bond acceptors (Lipinski definition) is 8. The maximum absolute atomic E-state index is 13.7. The number of aryl methyl sites for hydroxylation is 1. The third-order valence-electron chi connectivity index (χ3n) is 7.19. The first-order valence-corrected chi connectivity index (χ1v) is 12.5. The maximum Gasteiger partial charge on any atom is 0.211 e. The molecule has 1 N–H and O–H groups in total. The standard InChI is InChI=1S/C28H29FN4O5/c1-18-13-32(17-30-18)22-8-3-19(11-23(22)35-2)12-24-27-31-38-25(14-34)26(20-4-6-21(29)7-5-20)33(27)15-28(37-24)9-10-36-16-28/h3-8,11-13,17,25-26,34H,9-10,14-16H2,1-2H3/b24-12-. The van der Waals surface area contributed by atoms with Gasteiger partial charge in [-0.3, -0.25) is 0 Å². The first-order chi connectivity index (χ1) is 18.5. The lowest BCUT2D eigenvalue weighted by Crippen LogP contribution is -2.58. The van der Waals surface area contributed by atoms with Crippen LogP contribution in [0.2, 0.25) is 0 Å². The number of aromatic nitrogens is 2. The Labute approximate surface area is 219 Å². The number of ether oxygens (including phenoxy) is 3. The lowest BCUT2D eigenvalue weighted by atomic mass is 9.93. The van der Waals surface area contributed by atoms with Crippen LogP contribution in [0.5, 0.6) is 5.75 Å². The number of aliphatic hydroxyl groups excluding tert-OH is 1. The summed E-state index contributed by atoms with van der Waals surface area (Å²) in [6.07, 6.45) is 5.67. The summed E-state index contributed by atoms with van der Waals surface area (Å²) in [6, 6.07) is 11.7. The van der Waals surface area contributed by atoms with Crippen molar-refractivity contribution in [1.29, 1.82) is 0 Å². The van der Waals surface area contributed by atoms with Gasteiger partial charge < -0.3 is 33.6 Å². The molecule has 0 aliphatic carbocycles. The Kier molecular flexibility index (Phi) is 6.29. The zero-order valence-electron chi connectivity index (χ0n) is 21.2. The molecular weight excluding hydrogens is 491 g/mol. The highest BCUT2D eigenvalue weighted by Crippen LogP contribution is 2.41. The first kappa shape index (κ1) is 24.4. The lowest BCUT2D eigenvalue weighted by molar-refractivity contribution is -0.0937. The van der Waals surface area contributed by atoms with Gasteiger partial charge in [0.2, 0.25) is 5.84 Å². The smallest absolute Gasteiger partial charge is 0.211 e. The van der Waals surface area contributed by atoms with Crippen molar-refractivity contribution in [2.75, 3.05) is 33.5 Å². The summed E-state index contributed by atoms with van der Waals surface area (Å²) in [5, 5.41) is 14.5. The number of halogens is 1. The van der Waals surface area contributed by atoms with Crippen molar-refractivity contribution in [3.8, 4) is 11.4 Å². The second-order valence-electron chi connectivity index (χ2n) is 9.82. The van der Waals surface area contributed by atoms with E-state index in [-0.39, 0.29) is 18.5 Å². The highest BCUT2D eigenvalue weighted by Gasteiger charge is 2.50. The van der Waals surface area contributed by atoms with E-state index >= 15 is 0 Å². The number of fused-ring (bicyclic) bond motifs is 1. The predicted molar refractivity (Wildman–Crippen MR) is 137 cm³/mol. The van der Waals surface area contributed by atoms with Crippen LogP contribution in [0.25, 0.3) is 11.8 Å². The molecule has 10 heteroatoms. The van der Waals surface area contributed by atoms with E-state index in [0.29, 0.717) is 43.5 Å². The molecule has 2 fully saturated rings. The summed E-state index contributed by atoms with van der Waals surface area (Å²) in [5.41, 5.74) is 2.85. The Balaban J connectivity index is 1.41. The van der Waals surface area contributed by atoms with Crippen LogP contribution >= 0.6 is 0 Å². The zero-order chi connectivity index (χ0) is 26.3. The molecule has 3 unspecified atom stereocenters. The predicted octanol–water partition coefficient (Wildman–Crippen LogP) is 3.61. The van der Waals surface area contributed by atoms with E-state index in [9.17, 15) is 9.50 Å². The van der Waals surface area contributed by atoms with Crippen molar-refractivity contribution in [2.24, 2.45) is 5.16 Å². The average molecular weight is 521 g/mol. The molecule has 2 aromatic carbocycles. The van der Waals surface area contributed by atoms with Crippen LogP contribution in [0.1, 0.15) is 29.3 Å². The summed E-state index contributed by atoms with van der Waals surface area (Å²) in [4.78, 5) is 12.1. The maximum atomic E-state index is 13.7. The summed E-state index contributed by atoms with van der Waals surface area (Å²) in [5.74, 6) is 1.38. The molecule has 9 nitrogen and oxygen atoms in total. The van der Waals surface area contributed by atoms with E-state index in [1.54, 1.807) is 25.6 Å². The summed E-state index contributed by atoms with van der Waals surface area (Å²) in [6.45, 7) is 3.20. The molecule has 2 saturated heterocycles. The van der Waals surface area contributed by atoms with Crippen LogP contribution in [0.4, 0.5) is 4.39 Å². The Morgan fingerprint density at radius 2 is 2.08 bits per heavy atom. The van der Waals surface area contributed by atoms with Gasteiger partial charge in [-0.15, -0.1) is 0 Å². The van der Waals surface area contributed by atoms with Gasteiger partial charge in [0.1, 0.15) is 11.6 Å². The quantitative estimate of drug-likeness (QED) is 0.550. The minimum absolute atomic E-state index is 0.245. The van der Waals surface area contributed by atoms with Crippen molar-refractivity contribution >= 4 is 11.9 Å². The third-order valence-corrected chi connectivity index (χ3v) is 7.19. The second kappa shape index (κ2) is 9.77. The molecule has 1 spiro atoms. The molecule has 4 heterocycles. The van der Waals surface area contributed by atoms with Crippen molar-refractivity contribution in [3.05, 3.63) is 83.4 Å². The molecule has 0 amide bonds. The highest BCUT2D eigenvalue weighted by molar-refractivity contribution is 6.01. The molecule has 38 heavy (non-hydrogen) atoms. The molecule has 0 saturated carbocycles. The zero-order valence-corrected chi connectivity index (χ0v) is 21.2. The van der Waals surface area contributed by atoms with Crippen LogP contribution in [0.3, 0.4) is 0 Å². The first-order valence-electron chi connectivity index (χ1n) is 12.5. The Morgan fingerprint density at radius 1 is 1.24 bits per heavy atom. The number of methoxy groups -OCH3 is 1. The molecule has 198 valence electrons. The minimum atomic E-state index is -0.624. The molecule has 6 rings (SSSR count). The van der Waals surface area contributed by atoms with Crippen LogP contribution in [0.15, 0.2) is 65.9 Å². The van der Waals surface area contributed by atoms with Gasteiger partial charge in [0.25, 0.3) is 0 Å². The number of hydrogen-bond donors (Lipinski definition) is 1. The van der Waals surface area contributed by atoms with Crippen molar-refractivity contribution in [1.82, 2.24) is 14.5 Å². The van der Waals surface area contributed by atoms with Gasteiger partial charge in [0.15, 0.2) is 17.5 Å². The summed E-state index contributed by atoms with van der Waals surface area (Å²) in [7, 11) is 1.63. The molecule has 1 aromatic heterocycles. The molecular formula is C28H29FN4O5. The number of amidine groups is 1. The van der Waals surface area contributed by atoms with Gasteiger partial charge in [0.05, 0.1) is 57.2 Å². The van der Waals surface area contributed by atoms with E-state index in [1.165, 1.54) is 12.1 Å². The van der Waals surface area contributed by atoms with Gasteiger partial charge in [0, 0.05) is 12.6 Å². The highest BCUT2D eigenvalue weighted by atomic mass is 19.1. The number of imidazole rings is 1. The Hall–Kier alpha value is -3.89. The molecule has 3 aromatic rings. The molecule has 3 aliphatic heterocycles.